The van der Waals surface area contributed by atoms with Gasteiger partial charge in [0.2, 0.25) is 0 Å². The quantitative estimate of drug-likeness (QED) is 0.807. The van der Waals surface area contributed by atoms with Crippen LogP contribution in [0.25, 0.3) is 0 Å². The first-order valence-electron chi connectivity index (χ1n) is 7.15. The minimum absolute atomic E-state index is 0.0135. The van der Waals surface area contributed by atoms with E-state index in [2.05, 4.69) is 10.0 Å². The highest BCUT2D eigenvalue weighted by molar-refractivity contribution is 7.94. The van der Waals surface area contributed by atoms with Crippen molar-refractivity contribution in [1.29, 1.82) is 0 Å². The molecule has 2 N–H and O–H groups in total. The Morgan fingerprint density at radius 3 is 2.96 bits per heavy atom. The van der Waals surface area contributed by atoms with Gasteiger partial charge >= 0.3 is 0 Å². The van der Waals surface area contributed by atoms with Gasteiger partial charge in [0.1, 0.15) is 10.3 Å². The second kappa shape index (κ2) is 6.46. The molecule has 0 saturated heterocycles. The van der Waals surface area contributed by atoms with E-state index in [1.165, 1.54) is 11.3 Å². The fraction of sp³-hybridized carbons (Fsp3) is 0.267. The second-order valence-electron chi connectivity index (χ2n) is 5.17. The Kier molecular flexibility index (Phi) is 4.56. The number of nitrogens with one attached hydrogen (secondary N) is 2. The van der Waals surface area contributed by atoms with Gasteiger partial charge in [0.05, 0.1) is 0 Å². The van der Waals surface area contributed by atoms with Gasteiger partial charge < -0.3 is 10.1 Å². The van der Waals surface area contributed by atoms with Crippen LogP contribution in [-0.2, 0) is 21.2 Å². The van der Waals surface area contributed by atoms with Crippen molar-refractivity contribution in [2.75, 3.05) is 10.0 Å². The van der Waals surface area contributed by atoms with E-state index < -0.39 is 10.0 Å². The third kappa shape index (κ3) is 3.65. The summed E-state index contributed by atoms with van der Waals surface area (Å²) in [5.74, 6) is 0. The van der Waals surface area contributed by atoms with Gasteiger partial charge in [-0.1, -0.05) is 13.0 Å². The Bertz CT molecular complexity index is 816. The van der Waals surface area contributed by atoms with Crippen molar-refractivity contribution in [1.82, 2.24) is 0 Å². The maximum Gasteiger partial charge on any atom is 0.271 e. The molecule has 1 aliphatic rings. The van der Waals surface area contributed by atoms with E-state index in [1.54, 1.807) is 23.6 Å². The molecule has 0 bridgehead atoms. The van der Waals surface area contributed by atoms with Gasteiger partial charge in [-0.05, 0) is 53.8 Å². The molecular formula is C15H16N2O3S3. The predicted molar refractivity (Wildman–Crippen MR) is 96.7 cm³/mol. The van der Waals surface area contributed by atoms with Gasteiger partial charge in [0.25, 0.3) is 15.2 Å². The van der Waals surface area contributed by atoms with Gasteiger partial charge in [-0.2, -0.15) is 0 Å². The Morgan fingerprint density at radius 1 is 1.43 bits per heavy atom. The van der Waals surface area contributed by atoms with Crippen molar-refractivity contribution in [3.63, 3.8) is 0 Å². The summed E-state index contributed by atoms with van der Waals surface area (Å²) in [6, 6.07) is 8.65. The zero-order chi connectivity index (χ0) is 16.4. The molecule has 1 aliphatic heterocycles. The molecule has 2 heterocycles. The summed E-state index contributed by atoms with van der Waals surface area (Å²) in [7, 11) is -3.54. The zero-order valence-electron chi connectivity index (χ0n) is 12.4. The first kappa shape index (κ1) is 16.2. The van der Waals surface area contributed by atoms with Crippen LogP contribution in [0.1, 0.15) is 18.9 Å². The molecule has 23 heavy (non-hydrogen) atoms. The molecule has 122 valence electrons. The van der Waals surface area contributed by atoms with Crippen molar-refractivity contribution >= 4 is 50.1 Å². The van der Waals surface area contributed by atoms with Gasteiger partial charge in [0, 0.05) is 17.8 Å². The minimum Gasteiger partial charge on any atom is -0.467 e. The van der Waals surface area contributed by atoms with Gasteiger partial charge in [-0.15, -0.1) is 11.3 Å². The Balaban J connectivity index is 1.89. The summed E-state index contributed by atoms with van der Waals surface area (Å²) < 4.78 is 33.2. The van der Waals surface area contributed by atoms with Crippen molar-refractivity contribution in [2.45, 2.75) is 30.1 Å². The normalized spacial score (nSPS) is 17.6. The summed E-state index contributed by atoms with van der Waals surface area (Å²) in [5, 5.41) is 5.12. The van der Waals surface area contributed by atoms with Crippen molar-refractivity contribution < 1.29 is 13.2 Å². The number of benzene rings is 1. The molecule has 8 heteroatoms. The van der Waals surface area contributed by atoms with Crippen LogP contribution < -0.4 is 10.0 Å². The maximum atomic E-state index is 12.3. The van der Waals surface area contributed by atoms with E-state index in [9.17, 15) is 8.42 Å². The third-order valence-electron chi connectivity index (χ3n) is 3.53. The molecule has 0 amide bonds. The van der Waals surface area contributed by atoms with Crippen molar-refractivity contribution in [3.05, 3.63) is 41.3 Å². The van der Waals surface area contributed by atoms with Crippen molar-refractivity contribution in [3.8, 4) is 0 Å². The van der Waals surface area contributed by atoms with Gasteiger partial charge in [-0.25, -0.2) is 8.42 Å². The van der Waals surface area contributed by atoms with Crippen LogP contribution in [0.15, 0.2) is 39.9 Å². The van der Waals surface area contributed by atoms with Gasteiger partial charge in [-0.3, -0.25) is 4.72 Å². The molecule has 1 aromatic heterocycles. The molecule has 1 unspecified atom stereocenters. The number of ether oxygens (including phenoxy) is 1. The van der Waals surface area contributed by atoms with E-state index in [1.807, 2.05) is 19.1 Å². The first-order valence-corrected chi connectivity index (χ1v) is 9.92. The number of fused-ring (bicyclic) bond motifs is 1. The molecule has 3 rings (SSSR count). The molecular weight excluding hydrogens is 352 g/mol. The fourth-order valence-electron chi connectivity index (χ4n) is 2.38. The monoisotopic (exact) mass is 368 g/mol. The average Bonchev–Trinajstić information content (AvgIpc) is 2.99. The van der Waals surface area contributed by atoms with Crippen LogP contribution in [0, 0.1) is 0 Å². The Morgan fingerprint density at radius 2 is 2.26 bits per heavy atom. The van der Waals surface area contributed by atoms with Gasteiger partial charge in [0.15, 0.2) is 0 Å². The van der Waals surface area contributed by atoms with Crippen LogP contribution in [-0.4, -0.2) is 19.7 Å². The number of thiocarbonyl (C=S) groups is 1. The smallest absolute Gasteiger partial charge is 0.271 e. The SMILES string of the molecule is CCC1Cc2cc(NS(=O)(=O)c3cccs3)ccc2NC(=S)O1. The second-order valence-corrected chi connectivity index (χ2v) is 8.40. The molecule has 0 fully saturated rings. The molecule has 0 aliphatic carbocycles. The topological polar surface area (TPSA) is 67.4 Å². The third-order valence-corrected chi connectivity index (χ3v) is 6.51. The number of rotatable bonds is 4. The number of thiophene rings is 1. The fourth-order valence-corrected chi connectivity index (χ4v) is 4.66. The van der Waals surface area contributed by atoms with E-state index in [4.69, 9.17) is 17.0 Å². The van der Waals surface area contributed by atoms with E-state index in [0.29, 0.717) is 21.5 Å². The number of sulfonamides is 1. The molecule has 0 saturated carbocycles. The molecule has 2 aromatic rings. The number of hydrogen-bond acceptors (Lipinski definition) is 5. The summed E-state index contributed by atoms with van der Waals surface area (Å²) in [6.45, 7) is 2.03. The summed E-state index contributed by atoms with van der Waals surface area (Å²) in [4.78, 5) is 0. The highest BCUT2D eigenvalue weighted by Crippen LogP contribution is 2.28. The van der Waals surface area contributed by atoms with Crippen LogP contribution in [0.2, 0.25) is 0 Å². The molecule has 5 nitrogen and oxygen atoms in total. The van der Waals surface area contributed by atoms with Crippen LogP contribution >= 0.6 is 23.6 Å². The Labute approximate surface area is 144 Å². The molecule has 1 atom stereocenters. The standard InChI is InChI=1S/C15H16N2O3S3/c1-2-12-9-10-8-11(5-6-13(10)16-15(21)20-12)17-23(18,19)14-4-3-7-22-14/h3-8,12,17H,2,9H2,1H3,(H,16,21). The van der Waals surface area contributed by atoms with Crippen molar-refractivity contribution in [2.24, 2.45) is 0 Å². The first-order chi connectivity index (χ1) is 11.0. The summed E-state index contributed by atoms with van der Waals surface area (Å²) in [6.07, 6.45) is 1.49. The minimum atomic E-state index is -3.54. The summed E-state index contributed by atoms with van der Waals surface area (Å²) >= 11 is 6.33. The molecule has 1 aromatic carbocycles. The molecule has 0 radical (unpaired) electrons. The number of hydrogen-bond donors (Lipinski definition) is 2. The van der Waals surface area contributed by atoms with E-state index in [-0.39, 0.29) is 6.10 Å². The molecule has 0 spiro atoms. The maximum absolute atomic E-state index is 12.3. The van der Waals surface area contributed by atoms with Crippen LogP contribution in [0.4, 0.5) is 11.4 Å². The zero-order valence-corrected chi connectivity index (χ0v) is 14.9. The highest BCUT2D eigenvalue weighted by atomic mass is 32.2. The van der Waals surface area contributed by atoms with E-state index in [0.717, 1.165) is 17.7 Å². The summed E-state index contributed by atoms with van der Waals surface area (Å²) in [5.41, 5.74) is 2.36. The lowest BCUT2D eigenvalue weighted by Crippen LogP contribution is -2.19. The average molecular weight is 369 g/mol. The lowest BCUT2D eigenvalue weighted by atomic mass is 10.0. The lowest BCUT2D eigenvalue weighted by Gasteiger charge is -2.13. The number of anilines is 2. The Hall–Kier alpha value is -1.64. The lowest BCUT2D eigenvalue weighted by molar-refractivity contribution is 0.192. The van der Waals surface area contributed by atoms with Crippen LogP contribution in [0.3, 0.4) is 0 Å². The largest absolute Gasteiger partial charge is 0.467 e. The van der Waals surface area contributed by atoms with Crippen LogP contribution in [0.5, 0.6) is 0 Å². The highest BCUT2D eigenvalue weighted by Gasteiger charge is 2.21. The predicted octanol–water partition coefficient (Wildman–Crippen LogP) is 3.60. The van der Waals surface area contributed by atoms with E-state index >= 15 is 0 Å².